The van der Waals surface area contributed by atoms with Crippen molar-refractivity contribution in [3.8, 4) is 0 Å². The van der Waals surface area contributed by atoms with Gasteiger partial charge >= 0.3 is 5.97 Å². The third kappa shape index (κ3) is 4.81. The standard InChI is InChI=1S/C18H26N2O4/c1-17(2,3)11-19-14(21)12-7-9-13(10-8-12)15(22)20(6)18(4,5)16(23)24/h7-10H,11H2,1-6H3,(H,19,21)(H,23,24). The van der Waals surface area contributed by atoms with Crippen molar-refractivity contribution in [3.63, 3.8) is 0 Å². The number of hydrogen-bond donors (Lipinski definition) is 2. The Morgan fingerprint density at radius 1 is 1.00 bits per heavy atom. The number of rotatable bonds is 5. The maximum atomic E-state index is 12.4. The second-order valence-corrected chi connectivity index (χ2v) is 7.55. The van der Waals surface area contributed by atoms with E-state index in [2.05, 4.69) is 5.32 Å². The van der Waals surface area contributed by atoms with Crippen LogP contribution in [0.25, 0.3) is 0 Å². The molecule has 0 spiro atoms. The minimum Gasteiger partial charge on any atom is -0.480 e. The number of benzene rings is 1. The first-order valence-corrected chi connectivity index (χ1v) is 7.76. The van der Waals surface area contributed by atoms with Gasteiger partial charge in [-0.15, -0.1) is 0 Å². The van der Waals surface area contributed by atoms with E-state index in [9.17, 15) is 19.5 Å². The third-order valence-electron chi connectivity index (χ3n) is 3.84. The number of nitrogens with zero attached hydrogens (tertiary/aromatic N) is 1. The Morgan fingerprint density at radius 2 is 1.46 bits per heavy atom. The van der Waals surface area contributed by atoms with Crippen molar-refractivity contribution < 1.29 is 19.5 Å². The summed E-state index contributed by atoms with van der Waals surface area (Å²) in [5.41, 5.74) is -0.550. The molecule has 0 heterocycles. The van der Waals surface area contributed by atoms with Crippen LogP contribution < -0.4 is 5.32 Å². The third-order valence-corrected chi connectivity index (χ3v) is 3.84. The zero-order chi connectivity index (χ0) is 18.7. The molecule has 0 unspecified atom stereocenters. The highest BCUT2D eigenvalue weighted by molar-refractivity contribution is 5.99. The topological polar surface area (TPSA) is 86.7 Å². The molecule has 1 aromatic carbocycles. The van der Waals surface area contributed by atoms with Crippen LogP contribution in [0.2, 0.25) is 0 Å². The average molecular weight is 334 g/mol. The smallest absolute Gasteiger partial charge is 0.329 e. The number of aliphatic carboxylic acids is 1. The summed E-state index contributed by atoms with van der Waals surface area (Å²) in [6.07, 6.45) is 0. The Hall–Kier alpha value is -2.37. The minimum atomic E-state index is -1.32. The zero-order valence-electron chi connectivity index (χ0n) is 15.1. The van der Waals surface area contributed by atoms with Gasteiger partial charge in [0.1, 0.15) is 5.54 Å². The van der Waals surface area contributed by atoms with Crippen molar-refractivity contribution >= 4 is 17.8 Å². The number of nitrogens with one attached hydrogen (secondary N) is 1. The lowest BCUT2D eigenvalue weighted by molar-refractivity contribution is -0.147. The van der Waals surface area contributed by atoms with Gasteiger partial charge in [-0.05, 0) is 43.5 Å². The molecule has 0 atom stereocenters. The number of amides is 2. The summed E-state index contributed by atoms with van der Waals surface area (Å²) in [6, 6.07) is 6.19. The van der Waals surface area contributed by atoms with E-state index in [0.29, 0.717) is 17.7 Å². The number of carboxylic acid groups (broad SMARTS) is 1. The molecule has 0 fully saturated rings. The van der Waals surface area contributed by atoms with Crippen molar-refractivity contribution in [1.29, 1.82) is 0 Å². The largest absolute Gasteiger partial charge is 0.480 e. The highest BCUT2D eigenvalue weighted by Gasteiger charge is 2.35. The fourth-order valence-corrected chi connectivity index (χ4v) is 1.80. The number of hydrogen-bond acceptors (Lipinski definition) is 3. The van der Waals surface area contributed by atoms with Crippen molar-refractivity contribution in [1.82, 2.24) is 10.2 Å². The highest BCUT2D eigenvalue weighted by atomic mass is 16.4. The number of carboxylic acids is 1. The van der Waals surface area contributed by atoms with Crippen LogP contribution in [0.15, 0.2) is 24.3 Å². The molecule has 2 N–H and O–H groups in total. The van der Waals surface area contributed by atoms with Gasteiger partial charge in [-0.3, -0.25) is 9.59 Å². The molecular weight excluding hydrogens is 308 g/mol. The van der Waals surface area contributed by atoms with Crippen molar-refractivity contribution in [3.05, 3.63) is 35.4 Å². The summed E-state index contributed by atoms with van der Waals surface area (Å²) >= 11 is 0. The first-order chi connectivity index (χ1) is 10.9. The van der Waals surface area contributed by atoms with E-state index in [4.69, 9.17) is 0 Å². The van der Waals surface area contributed by atoms with Crippen LogP contribution in [-0.4, -0.2) is 46.9 Å². The maximum Gasteiger partial charge on any atom is 0.329 e. The van der Waals surface area contributed by atoms with Gasteiger partial charge in [0.15, 0.2) is 0 Å². The minimum absolute atomic E-state index is 0.0172. The van der Waals surface area contributed by atoms with Gasteiger partial charge < -0.3 is 15.3 Å². The molecule has 1 rings (SSSR count). The summed E-state index contributed by atoms with van der Waals surface area (Å²) in [6.45, 7) is 9.53. The predicted molar refractivity (Wildman–Crippen MR) is 92.0 cm³/mol. The maximum absolute atomic E-state index is 12.4. The molecule has 0 aromatic heterocycles. The first kappa shape index (κ1) is 19.7. The monoisotopic (exact) mass is 334 g/mol. The lowest BCUT2D eigenvalue weighted by Crippen LogP contribution is -2.50. The van der Waals surface area contributed by atoms with Gasteiger partial charge in [0.2, 0.25) is 0 Å². The Bertz CT molecular complexity index is 627. The van der Waals surface area contributed by atoms with E-state index in [1.807, 2.05) is 20.8 Å². The van der Waals surface area contributed by atoms with E-state index in [-0.39, 0.29) is 11.3 Å². The molecule has 132 valence electrons. The van der Waals surface area contributed by atoms with Crippen molar-refractivity contribution in [2.75, 3.05) is 13.6 Å². The van der Waals surface area contributed by atoms with Crippen LogP contribution in [-0.2, 0) is 4.79 Å². The van der Waals surface area contributed by atoms with E-state index in [1.165, 1.54) is 37.9 Å². The second kappa shape index (κ2) is 7.03. The molecule has 0 bridgehead atoms. The van der Waals surface area contributed by atoms with Crippen LogP contribution in [0.4, 0.5) is 0 Å². The first-order valence-electron chi connectivity index (χ1n) is 7.76. The lowest BCUT2D eigenvalue weighted by atomic mass is 9.97. The molecule has 6 nitrogen and oxygen atoms in total. The predicted octanol–water partition coefficient (Wildman–Crippen LogP) is 2.40. The Morgan fingerprint density at radius 3 is 1.88 bits per heavy atom. The lowest BCUT2D eigenvalue weighted by Gasteiger charge is -2.31. The summed E-state index contributed by atoms with van der Waals surface area (Å²) in [4.78, 5) is 36.9. The van der Waals surface area contributed by atoms with Gasteiger partial charge in [-0.1, -0.05) is 20.8 Å². The van der Waals surface area contributed by atoms with E-state index in [1.54, 1.807) is 12.1 Å². The number of carbonyl (C=O) groups is 3. The van der Waals surface area contributed by atoms with Crippen LogP contribution >= 0.6 is 0 Å². The molecule has 0 radical (unpaired) electrons. The summed E-state index contributed by atoms with van der Waals surface area (Å²) in [5.74, 6) is -1.70. The molecular formula is C18H26N2O4. The number of likely N-dealkylation sites (N-methyl/N-ethyl adjacent to an activating group) is 1. The van der Waals surface area contributed by atoms with Gasteiger partial charge in [-0.2, -0.15) is 0 Å². The van der Waals surface area contributed by atoms with Gasteiger partial charge in [0.05, 0.1) is 0 Å². The molecule has 2 amide bonds. The van der Waals surface area contributed by atoms with E-state index in [0.717, 1.165) is 0 Å². The highest BCUT2D eigenvalue weighted by Crippen LogP contribution is 2.17. The normalized spacial score (nSPS) is 11.8. The van der Waals surface area contributed by atoms with Crippen LogP contribution in [0, 0.1) is 5.41 Å². The average Bonchev–Trinajstić information content (AvgIpc) is 2.50. The zero-order valence-corrected chi connectivity index (χ0v) is 15.1. The quantitative estimate of drug-likeness (QED) is 0.865. The molecule has 0 saturated heterocycles. The van der Waals surface area contributed by atoms with Crippen LogP contribution in [0.1, 0.15) is 55.3 Å². The Kier molecular flexibility index (Phi) is 5.76. The summed E-state index contributed by atoms with van der Waals surface area (Å²) in [5, 5.41) is 12.0. The SMILES string of the molecule is CN(C(=O)c1ccc(C(=O)NCC(C)(C)C)cc1)C(C)(C)C(=O)O. The van der Waals surface area contributed by atoms with Crippen molar-refractivity contribution in [2.24, 2.45) is 5.41 Å². The molecule has 0 saturated carbocycles. The molecule has 1 aromatic rings. The van der Waals surface area contributed by atoms with Crippen LogP contribution in [0.5, 0.6) is 0 Å². The fourth-order valence-electron chi connectivity index (χ4n) is 1.80. The summed E-state index contributed by atoms with van der Waals surface area (Å²) < 4.78 is 0. The molecule has 0 aliphatic carbocycles. The Labute approximate surface area is 142 Å². The second-order valence-electron chi connectivity index (χ2n) is 7.55. The molecule has 24 heavy (non-hydrogen) atoms. The summed E-state index contributed by atoms with van der Waals surface area (Å²) in [7, 11) is 1.44. The van der Waals surface area contributed by atoms with E-state index >= 15 is 0 Å². The number of carbonyl (C=O) groups excluding carboxylic acids is 2. The fraction of sp³-hybridized carbons (Fsp3) is 0.500. The van der Waals surface area contributed by atoms with Gasteiger partial charge in [-0.25, -0.2) is 4.79 Å². The van der Waals surface area contributed by atoms with E-state index < -0.39 is 17.4 Å². The molecule has 0 aliphatic heterocycles. The molecule has 6 heteroatoms. The van der Waals surface area contributed by atoms with Crippen molar-refractivity contribution in [2.45, 2.75) is 40.2 Å². The van der Waals surface area contributed by atoms with Crippen LogP contribution in [0.3, 0.4) is 0 Å². The van der Waals surface area contributed by atoms with Gasteiger partial charge in [0, 0.05) is 24.7 Å². The molecule has 0 aliphatic rings. The Balaban J connectivity index is 2.86. The van der Waals surface area contributed by atoms with Gasteiger partial charge in [0.25, 0.3) is 11.8 Å².